The molecule has 0 unspecified atom stereocenters. The minimum Gasteiger partial charge on any atom is -0.484 e. The van der Waals surface area contributed by atoms with Crippen molar-refractivity contribution in [3.8, 4) is 5.75 Å². The van der Waals surface area contributed by atoms with Gasteiger partial charge in [0.2, 0.25) is 5.82 Å². The average Bonchev–Trinajstić information content (AvgIpc) is 3.14. The second-order valence-electron chi connectivity index (χ2n) is 5.53. The maximum atomic E-state index is 13.5. The number of benzene rings is 1. The lowest BCUT2D eigenvalue weighted by Gasteiger charge is -2.17. The molecule has 2 aromatic rings. The molecule has 1 aliphatic carbocycles. The summed E-state index contributed by atoms with van der Waals surface area (Å²) < 4.78 is 23.9. The Kier molecular flexibility index (Phi) is 5.35. The number of rotatable bonds is 5. The van der Waals surface area contributed by atoms with Gasteiger partial charge in [0, 0.05) is 12.1 Å². The number of ether oxygens (including phenoxy) is 1. The van der Waals surface area contributed by atoms with Crippen molar-refractivity contribution in [2.75, 3.05) is 0 Å². The maximum Gasteiger partial charge on any atom is 0.305 e. The van der Waals surface area contributed by atoms with E-state index >= 15 is 0 Å². The molecule has 0 spiro atoms. The monoisotopic (exact) mass is 358 g/mol. The number of hydrogen-bond donors (Lipinski definition) is 1. The van der Waals surface area contributed by atoms with Crippen molar-refractivity contribution in [1.82, 2.24) is 10.1 Å². The van der Waals surface area contributed by atoms with E-state index in [4.69, 9.17) is 15.0 Å². The Bertz CT molecular complexity index is 733. The fraction of sp³-hybridized carbons (Fsp3) is 0.429. The Labute approximate surface area is 142 Å². The summed E-state index contributed by atoms with van der Waals surface area (Å²) in [6, 6.07) is 3.29. The summed E-state index contributed by atoms with van der Waals surface area (Å²) in [7, 11) is 0. The van der Waals surface area contributed by atoms with Crippen LogP contribution in [-0.4, -0.2) is 15.1 Å². The summed E-state index contributed by atoms with van der Waals surface area (Å²) in [5.41, 5.74) is 5.06. The van der Waals surface area contributed by atoms with Crippen molar-refractivity contribution in [1.29, 1.82) is 0 Å². The molecule has 24 heavy (non-hydrogen) atoms. The number of hydrogen-bond acceptors (Lipinski definition) is 7. The second-order valence-corrected chi connectivity index (χ2v) is 5.53. The Morgan fingerprint density at radius 2 is 2.12 bits per heavy atom. The number of nitrogens with zero attached hydrogens (tertiary/aromatic N) is 3. The lowest BCUT2D eigenvalue weighted by atomic mass is 9.99. The molecule has 1 aromatic carbocycles. The van der Waals surface area contributed by atoms with E-state index in [1.165, 1.54) is 6.07 Å². The van der Waals surface area contributed by atoms with Crippen LogP contribution in [0.4, 0.5) is 10.1 Å². The molecule has 2 N–H and O–H groups in total. The zero-order valence-corrected chi connectivity index (χ0v) is 13.4. The lowest BCUT2D eigenvalue weighted by molar-refractivity contribution is -0.387. The van der Waals surface area contributed by atoms with Crippen molar-refractivity contribution in [3.63, 3.8) is 0 Å². The third-order valence-electron chi connectivity index (χ3n) is 3.89. The van der Waals surface area contributed by atoms with E-state index in [9.17, 15) is 14.5 Å². The van der Waals surface area contributed by atoms with Crippen LogP contribution < -0.4 is 10.5 Å². The first-order valence-electron chi connectivity index (χ1n) is 7.17. The van der Waals surface area contributed by atoms with Crippen LogP contribution in [0.25, 0.3) is 0 Å². The van der Waals surface area contributed by atoms with Crippen molar-refractivity contribution >= 4 is 18.1 Å². The van der Waals surface area contributed by atoms with Crippen LogP contribution in [-0.2, 0) is 12.1 Å². The molecule has 130 valence electrons. The van der Waals surface area contributed by atoms with E-state index < -0.39 is 22.0 Å². The van der Waals surface area contributed by atoms with Gasteiger partial charge in [-0.2, -0.15) is 9.37 Å². The molecule has 1 fully saturated rings. The fourth-order valence-corrected chi connectivity index (χ4v) is 2.62. The highest BCUT2D eigenvalue weighted by molar-refractivity contribution is 5.85. The third-order valence-corrected chi connectivity index (χ3v) is 3.89. The van der Waals surface area contributed by atoms with Crippen molar-refractivity contribution in [2.24, 2.45) is 5.73 Å². The number of nitrogens with two attached hydrogens (primary N) is 1. The largest absolute Gasteiger partial charge is 0.484 e. The Morgan fingerprint density at radius 3 is 2.75 bits per heavy atom. The molecule has 1 heterocycles. The highest BCUT2D eigenvalue weighted by Crippen LogP contribution is 2.34. The summed E-state index contributed by atoms with van der Waals surface area (Å²) in [5.74, 6) is -0.166. The molecular weight excluding hydrogens is 343 g/mol. The zero-order chi connectivity index (χ0) is 16.4. The van der Waals surface area contributed by atoms with Crippen LogP contribution in [0.3, 0.4) is 0 Å². The van der Waals surface area contributed by atoms with Gasteiger partial charge in [-0.15, -0.1) is 12.4 Å². The smallest absolute Gasteiger partial charge is 0.305 e. The summed E-state index contributed by atoms with van der Waals surface area (Å²) >= 11 is 0. The Morgan fingerprint density at radius 1 is 1.42 bits per heavy atom. The first-order chi connectivity index (χ1) is 11.0. The van der Waals surface area contributed by atoms with Crippen LogP contribution in [0.5, 0.6) is 5.75 Å². The summed E-state index contributed by atoms with van der Waals surface area (Å²) in [4.78, 5) is 14.0. The second kappa shape index (κ2) is 7.10. The van der Waals surface area contributed by atoms with E-state index in [1.807, 2.05) is 0 Å². The number of nitro benzene ring substituents is 1. The SMILES string of the molecule is Cl.NC1(c2noc(COc3ccc([N+](=O)[O-])c(F)c3)n2)CCCC1. The van der Waals surface area contributed by atoms with Gasteiger partial charge in [-0.3, -0.25) is 10.1 Å². The van der Waals surface area contributed by atoms with Gasteiger partial charge < -0.3 is 15.0 Å². The first kappa shape index (κ1) is 18.1. The highest BCUT2D eigenvalue weighted by Gasteiger charge is 2.36. The van der Waals surface area contributed by atoms with Crippen LogP contribution in [0.1, 0.15) is 37.4 Å². The minimum absolute atomic E-state index is 0. The van der Waals surface area contributed by atoms with E-state index in [0.717, 1.165) is 37.8 Å². The fourth-order valence-electron chi connectivity index (χ4n) is 2.62. The summed E-state index contributed by atoms with van der Waals surface area (Å²) in [6.07, 6.45) is 3.67. The number of nitro groups is 1. The van der Waals surface area contributed by atoms with Gasteiger partial charge in [0.1, 0.15) is 5.75 Å². The molecular formula is C14H16ClFN4O4. The standard InChI is InChI=1S/C14H15FN4O4.ClH/c15-10-7-9(3-4-11(10)19(20)21)22-8-12-17-13(18-23-12)14(16)5-1-2-6-14;/h3-4,7H,1-2,5-6,8,16H2;1H. The number of halogens is 2. The summed E-state index contributed by atoms with van der Waals surface area (Å²) in [5, 5.41) is 14.4. The van der Waals surface area contributed by atoms with Crippen LogP contribution in [0, 0.1) is 15.9 Å². The molecule has 1 saturated carbocycles. The molecule has 1 aromatic heterocycles. The van der Waals surface area contributed by atoms with Crippen LogP contribution in [0.2, 0.25) is 0 Å². The molecule has 0 radical (unpaired) electrons. The molecule has 0 saturated heterocycles. The van der Waals surface area contributed by atoms with E-state index in [1.54, 1.807) is 0 Å². The van der Waals surface area contributed by atoms with Gasteiger partial charge in [0.05, 0.1) is 10.5 Å². The van der Waals surface area contributed by atoms with Gasteiger partial charge in [-0.25, -0.2) is 0 Å². The average molecular weight is 359 g/mol. The van der Waals surface area contributed by atoms with E-state index in [0.29, 0.717) is 5.82 Å². The van der Waals surface area contributed by atoms with Gasteiger partial charge in [-0.05, 0) is 18.9 Å². The number of aromatic nitrogens is 2. The lowest BCUT2D eigenvalue weighted by Crippen LogP contribution is -2.34. The van der Waals surface area contributed by atoms with Gasteiger partial charge in [-0.1, -0.05) is 18.0 Å². The Balaban J connectivity index is 0.00000208. The topological polar surface area (TPSA) is 117 Å². The molecule has 3 rings (SSSR count). The van der Waals surface area contributed by atoms with E-state index in [2.05, 4.69) is 10.1 Å². The molecule has 1 aliphatic rings. The Hall–Kier alpha value is -2.26. The first-order valence-corrected chi connectivity index (χ1v) is 7.17. The normalized spacial score (nSPS) is 15.8. The van der Waals surface area contributed by atoms with Gasteiger partial charge >= 0.3 is 5.69 Å². The molecule has 8 nitrogen and oxygen atoms in total. The predicted molar refractivity (Wildman–Crippen MR) is 83.3 cm³/mol. The van der Waals surface area contributed by atoms with Crippen molar-refractivity contribution in [3.05, 3.63) is 45.8 Å². The highest BCUT2D eigenvalue weighted by atomic mass is 35.5. The quantitative estimate of drug-likeness (QED) is 0.644. The molecule has 0 amide bonds. The molecule has 10 heteroatoms. The van der Waals surface area contributed by atoms with Gasteiger partial charge in [0.15, 0.2) is 12.4 Å². The van der Waals surface area contributed by atoms with Gasteiger partial charge in [0.25, 0.3) is 5.89 Å². The van der Waals surface area contributed by atoms with Crippen LogP contribution >= 0.6 is 12.4 Å². The van der Waals surface area contributed by atoms with Crippen molar-refractivity contribution < 1.29 is 18.6 Å². The zero-order valence-electron chi connectivity index (χ0n) is 12.6. The van der Waals surface area contributed by atoms with E-state index in [-0.39, 0.29) is 30.7 Å². The maximum absolute atomic E-state index is 13.5. The molecule has 0 atom stereocenters. The van der Waals surface area contributed by atoms with Crippen molar-refractivity contribution in [2.45, 2.75) is 37.8 Å². The predicted octanol–water partition coefficient (Wildman–Crippen LogP) is 2.85. The van der Waals surface area contributed by atoms with Crippen LogP contribution in [0.15, 0.2) is 22.7 Å². The third kappa shape index (κ3) is 3.62. The molecule has 0 bridgehead atoms. The summed E-state index contributed by atoms with van der Waals surface area (Å²) in [6.45, 7) is -0.0691. The molecule has 0 aliphatic heterocycles. The minimum atomic E-state index is -0.967.